The van der Waals surface area contributed by atoms with Gasteiger partial charge in [0, 0.05) is 43.6 Å². The van der Waals surface area contributed by atoms with Gasteiger partial charge in [-0.15, -0.1) is 0 Å². The van der Waals surface area contributed by atoms with Crippen molar-refractivity contribution in [2.75, 3.05) is 44.3 Å². The van der Waals surface area contributed by atoms with Crippen LogP contribution in [0.15, 0.2) is 41.7 Å². The number of nitrogens with two attached hydrogens (primary N) is 2. The Bertz CT molecular complexity index is 1200. The molecular formula is C21H26N10O. The Kier molecular flexibility index (Phi) is 4.42. The number of fused-ring (bicyclic) bond motifs is 1. The number of benzene rings is 1. The smallest absolute Gasteiger partial charge is 0.195 e. The number of hydrogen-bond acceptors (Lipinski definition) is 9. The van der Waals surface area contributed by atoms with Crippen molar-refractivity contribution in [1.82, 2.24) is 30.4 Å². The quantitative estimate of drug-likeness (QED) is 0.386. The molecule has 2 aromatic heterocycles. The average molecular weight is 435 g/mol. The molecule has 7 N–H and O–H groups in total. The summed E-state index contributed by atoms with van der Waals surface area (Å²) in [6.07, 6.45) is 5.09. The van der Waals surface area contributed by atoms with Gasteiger partial charge in [-0.1, -0.05) is 0 Å². The summed E-state index contributed by atoms with van der Waals surface area (Å²) in [5, 5.41) is 10.0. The first-order chi connectivity index (χ1) is 15.6. The lowest BCUT2D eigenvalue weighted by Gasteiger charge is -2.43. The number of aromatic nitrogens is 4. The zero-order valence-corrected chi connectivity index (χ0v) is 17.6. The predicted octanol–water partition coefficient (Wildman–Crippen LogP) is 0.0169. The summed E-state index contributed by atoms with van der Waals surface area (Å²) >= 11 is 0. The molecule has 3 aliphatic rings. The summed E-state index contributed by atoms with van der Waals surface area (Å²) in [6, 6.07) is 6.93. The third-order valence-corrected chi connectivity index (χ3v) is 6.46. The molecule has 166 valence electrons. The maximum atomic E-state index is 6.50. The first-order valence-electron chi connectivity index (χ1n) is 10.8. The normalized spacial score (nSPS) is 24.4. The van der Waals surface area contributed by atoms with Gasteiger partial charge >= 0.3 is 0 Å². The molecule has 0 amide bonds. The third kappa shape index (κ3) is 3.22. The van der Waals surface area contributed by atoms with E-state index in [1.807, 2.05) is 6.07 Å². The minimum Gasteiger partial charge on any atom is -0.378 e. The number of aliphatic imine (C=N–C) groups is 1. The van der Waals surface area contributed by atoms with Crippen molar-refractivity contribution in [3.8, 4) is 11.5 Å². The van der Waals surface area contributed by atoms with Gasteiger partial charge < -0.3 is 25.7 Å². The van der Waals surface area contributed by atoms with Crippen LogP contribution < -0.4 is 21.7 Å². The van der Waals surface area contributed by atoms with E-state index in [2.05, 4.69) is 47.4 Å². The lowest BCUT2D eigenvalue weighted by Crippen LogP contribution is -2.56. The number of anilines is 1. The van der Waals surface area contributed by atoms with Gasteiger partial charge in [-0.05, 0) is 24.3 Å². The molecule has 3 aromatic rings. The Labute approximate surface area is 184 Å². The van der Waals surface area contributed by atoms with Crippen LogP contribution in [0, 0.1) is 0 Å². The lowest BCUT2D eigenvalue weighted by molar-refractivity contribution is -0.0660. The number of ether oxygens (including phenoxy) is 1. The van der Waals surface area contributed by atoms with Crippen molar-refractivity contribution in [3.05, 3.63) is 42.2 Å². The molecule has 5 heterocycles. The van der Waals surface area contributed by atoms with E-state index in [1.165, 1.54) is 5.69 Å². The molecule has 2 saturated heterocycles. The number of imidazole rings is 1. The number of nitrogens with zero attached hydrogens (tertiary/aromatic N) is 5. The highest BCUT2D eigenvalue weighted by molar-refractivity contribution is 5.84. The van der Waals surface area contributed by atoms with E-state index in [9.17, 15) is 0 Å². The Hall–Kier alpha value is -3.41. The van der Waals surface area contributed by atoms with E-state index in [-0.39, 0.29) is 5.96 Å². The largest absolute Gasteiger partial charge is 0.378 e. The topological polar surface area (TPSA) is 149 Å². The molecule has 0 spiro atoms. The van der Waals surface area contributed by atoms with Crippen LogP contribution in [0.1, 0.15) is 5.56 Å². The maximum absolute atomic E-state index is 6.50. The van der Waals surface area contributed by atoms with Crippen molar-refractivity contribution in [1.29, 1.82) is 0 Å². The number of rotatable bonds is 4. The minimum atomic E-state index is -1.12. The average Bonchev–Trinajstić information content (AvgIpc) is 3.40. The first kappa shape index (κ1) is 19.3. The van der Waals surface area contributed by atoms with Gasteiger partial charge in [0.05, 0.1) is 36.5 Å². The summed E-state index contributed by atoms with van der Waals surface area (Å²) < 4.78 is 5.34. The Balaban J connectivity index is 1.27. The van der Waals surface area contributed by atoms with Crippen LogP contribution in [-0.2, 0) is 10.4 Å². The molecule has 3 aliphatic heterocycles. The Morgan fingerprint density at radius 2 is 2.00 bits per heavy atom. The zero-order valence-electron chi connectivity index (χ0n) is 17.6. The van der Waals surface area contributed by atoms with E-state index in [0.29, 0.717) is 23.1 Å². The molecule has 0 bridgehead atoms. The van der Waals surface area contributed by atoms with Crippen LogP contribution in [0.4, 0.5) is 5.69 Å². The van der Waals surface area contributed by atoms with Crippen LogP contribution in [0.25, 0.3) is 22.6 Å². The summed E-state index contributed by atoms with van der Waals surface area (Å²) in [5.41, 5.74) is 15.6. The molecular weight excluding hydrogens is 408 g/mol. The van der Waals surface area contributed by atoms with Crippen LogP contribution in [-0.4, -0.2) is 76.5 Å². The fraction of sp³-hybridized carbons (Fsp3) is 0.381. The van der Waals surface area contributed by atoms with E-state index in [0.717, 1.165) is 50.4 Å². The highest BCUT2D eigenvalue weighted by atomic mass is 16.5. The van der Waals surface area contributed by atoms with Gasteiger partial charge in [0.1, 0.15) is 5.69 Å². The molecule has 0 aliphatic carbocycles. The van der Waals surface area contributed by atoms with Gasteiger partial charge in [0.2, 0.25) is 0 Å². The molecule has 32 heavy (non-hydrogen) atoms. The second-order valence-corrected chi connectivity index (χ2v) is 8.46. The van der Waals surface area contributed by atoms with E-state index in [1.54, 1.807) is 18.5 Å². The number of piperazine rings is 1. The molecule has 1 aromatic carbocycles. The highest BCUT2D eigenvalue weighted by Crippen LogP contribution is 2.32. The fourth-order valence-corrected chi connectivity index (χ4v) is 4.54. The summed E-state index contributed by atoms with van der Waals surface area (Å²) in [6.45, 7) is 5.86. The van der Waals surface area contributed by atoms with E-state index in [4.69, 9.17) is 21.2 Å². The first-order valence-corrected chi connectivity index (χ1v) is 10.8. The highest BCUT2D eigenvalue weighted by Gasteiger charge is 2.32. The van der Waals surface area contributed by atoms with Gasteiger partial charge in [-0.25, -0.2) is 9.98 Å². The molecule has 11 heteroatoms. The van der Waals surface area contributed by atoms with Crippen molar-refractivity contribution in [3.63, 3.8) is 0 Å². The molecule has 2 fully saturated rings. The number of H-pyrrole nitrogens is 2. The van der Waals surface area contributed by atoms with Crippen molar-refractivity contribution in [2.45, 2.75) is 11.7 Å². The van der Waals surface area contributed by atoms with Crippen molar-refractivity contribution < 1.29 is 4.74 Å². The zero-order chi connectivity index (χ0) is 21.7. The maximum Gasteiger partial charge on any atom is 0.195 e. The standard InChI is InChI=1S/C21H26N10O/c22-20-24-4-3-21(23,28-20)15-10-25-29-18(15)19-26-16-2-1-13(9-17(16)27-19)30-5-7-31(8-6-30)14-11-32-12-14/h1-4,9-10,14H,5-8,11-12,23H2,(H,25,29)(H,26,27)(H3,22,24,28). The van der Waals surface area contributed by atoms with Gasteiger partial charge in [-0.3, -0.25) is 15.7 Å². The molecule has 6 rings (SSSR count). The second-order valence-electron chi connectivity index (χ2n) is 8.46. The molecule has 0 radical (unpaired) electrons. The number of hydrogen-bond donors (Lipinski definition) is 5. The predicted molar refractivity (Wildman–Crippen MR) is 122 cm³/mol. The van der Waals surface area contributed by atoms with Crippen LogP contribution in [0.5, 0.6) is 0 Å². The summed E-state index contributed by atoms with van der Waals surface area (Å²) in [4.78, 5) is 17.5. The third-order valence-electron chi connectivity index (χ3n) is 6.46. The number of nitrogens with one attached hydrogen (secondary N) is 3. The van der Waals surface area contributed by atoms with Crippen molar-refractivity contribution in [2.24, 2.45) is 16.5 Å². The van der Waals surface area contributed by atoms with Crippen LogP contribution in [0.3, 0.4) is 0 Å². The van der Waals surface area contributed by atoms with E-state index >= 15 is 0 Å². The fourth-order valence-electron chi connectivity index (χ4n) is 4.54. The van der Waals surface area contributed by atoms with Crippen LogP contribution in [0.2, 0.25) is 0 Å². The van der Waals surface area contributed by atoms with Gasteiger partial charge in [0.25, 0.3) is 0 Å². The minimum absolute atomic E-state index is 0.251. The Morgan fingerprint density at radius 1 is 1.16 bits per heavy atom. The Morgan fingerprint density at radius 3 is 2.75 bits per heavy atom. The van der Waals surface area contributed by atoms with Crippen LogP contribution >= 0.6 is 0 Å². The number of aromatic amines is 2. The molecule has 11 nitrogen and oxygen atoms in total. The second kappa shape index (κ2) is 7.33. The molecule has 1 unspecified atom stereocenters. The van der Waals surface area contributed by atoms with E-state index < -0.39 is 5.66 Å². The summed E-state index contributed by atoms with van der Waals surface area (Å²) in [5.74, 6) is 0.909. The van der Waals surface area contributed by atoms with Gasteiger partial charge in [0.15, 0.2) is 17.4 Å². The SMILES string of the molecule is NC1=NC(N)(c2cn[nH]c2-c2nc3ccc(N4CCN(C5COC5)CC4)cc3[nH]2)C=CN1. The monoisotopic (exact) mass is 434 g/mol. The molecule has 1 atom stereocenters. The molecule has 0 saturated carbocycles. The number of guanidine groups is 1. The summed E-state index contributed by atoms with van der Waals surface area (Å²) in [7, 11) is 0. The van der Waals surface area contributed by atoms with Crippen molar-refractivity contribution >= 4 is 22.7 Å². The lowest BCUT2D eigenvalue weighted by atomic mass is 10.0. The van der Waals surface area contributed by atoms with Gasteiger partial charge in [-0.2, -0.15) is 5.10 Å².